The van der Waals surface area contributed by atoms with Gasteiger partial charge in [-0.2, -0.15) is 0 Å². The van der Waals surface area contributed by atoms with Gasteiger partial charge in [0.15, 0.2) is 5.11 Å². The summed E-state index contributed by atoms with van der Waals surface area (Å²) < 4.78 is 3.02. The van der Waals surface area contributed by atoms with Crippen molar-refractivity contribution in [3.8, 4) is 5.69 Å². The fourth-order valence-electron chi connectivity index (χ4n) is 4.14. The van der Waals surface area contributed by atoms with Crippen LogP contribution in [0.15, 0.2) is 95.7 Å². The van der Waals surface area contributed by atoms with E-state index in [0.717, 1.165) is 27.2 Å². The molecule has 9 heteroatoms. The Morgan fingerprint density at radius 1 is 0.970 bits per heavy atom. The summed E-state index contributed by atoms with van der Waals surface area (Å²) in [5.41, 5.74) is 3.69. The first-order chi connectivity index (χ1) is 16.0. The number of anilines is 1. The van der Waals surface area contributed by atoms with E-state index in [1.54, 1.807) is 18.3 Å². The van der Waals surface area contributed by atoms with Crippen LogP contribution in [0.1, 0.15) is 23.5 Å². The van der Waals surface area contributed by atoms with Crippen LogP contribution in [0.3, 0.4) is 0 Å². The summed E-state index contributed by atoms with van der Waals surface area (Å²) >= 11 is 9.28. The number of halogens is 1. The molecule has 33 heavy (non-hydrogen) atoms. The Kier molecular flexibility index (Phi) is 5.65. The van der Waals surface area contributed by atoms with Gasteiger partial charge in [-0.05, 0) is 72.9 Å². The zero-order valence-electron chi connectivity index (χ0n) is 17.2. The standard InChI is InChI=1S/C24H18BrN5O2S/c25-16-6-8-18(9-7-16)29-23(22(27-24(29)33)20-4-1-2-14-26-20)21-5-3-15-28(21)17-10-12-19(13-11-17)30(31)32/h1-15,22-23H,(H,27,33). The molecule has 1 aliphatic heterocycles. The fraction of sp³-hybridized carbons (Fsp3) is 0.0833. The largest absolute Gasteiger partial charge is 0.351 e. The van der Waals surface area contributed by atoms with Gasteiger partial charge in [-0.15, -0.1) is 0 Å². The van der Waals surface area contributed by atoms with E-state index >= 15 is 0 Å². The van der Waals surface area contributed by atoms with E-state index in [1.807, 2.05) is 65.4 Å². The highest BCUT2D eigenvalue weighted by atomic mass is 79.9. The molecule has 0 saturated carbocycles. The van der Waals surface area contributed by atoms with Gasteiger partial charge < -0.3 is 14.8 Å². The number of rotatable bonds is 5. The van der Waals surface area contributed by atoms with E-state index in [-0.39, 0.29) is 17.8 Å². The number of non-ortho nitro benzene ring substituents is 1. The molecule has 0 bridgehead atoms. The second kappa shape index (κ2) is 8.76. The smallest absolute Gasteiger partial charge is 0.269 e. The Morgan fingerprint density at radius 3 is 2.36 bits per heavy atom. The molecule has 0 amide bonds. The SMILES string of the molecule is O=[N+]([O-])c1ccc(-n2cccc2C2C(c3ccccn3)NC(=S)N2c2ccc(Br)cc2)cc1. The Morgan fingerprint density at radius 2 is 1.70 bits per heavy atom. The van der Waals surface area contributed by atoms with Crippen LogP contribution in [0.25, 0.3) is 5.69 Å². The van der Waals surface area contributed by atoms with Crippen LogP contribution in [-0.4, -0.2) is 19.6 Å². The van der Waals surface area contributed by atoms with Gasteiger partial charge in [-0.3, -0.25) is 15.1 Å². The van der Waals surface area contributed by atoms with Crippen LogP contribution >= 0.6 is 28.1 Å². The van der Waals surface area contributed by atoms with Crippen molar-refractivity contribution in [3.05, 3.63) is 117 Å². The average Bonchev–Trinajstić information content (AvgIpc) is 3.44. The molecule has 164 valence electrons. The molecule has 1 N–H and O–H groups in total. The maximum atomic E-state index is 11.1. The van der Waals surface area contributed by atoms with Crippen LogP contribution < -0.4 is 10.2 Å². The minimum absolute atomic E-state index is 0.0546. The first-order valence-electron chi connectivity index (χ1n) is 10.2. The Balaban J connectivity index is 1.63. The number of nitro groups is 1. The van der Waals surface area contributed by atoms with E-state index in [2.05, 4.69) is 31.1 Å². The van der Waals surface area contributed by atoms with E-state index < -0.39 is 4.92 Å². The third kappa shape index (κ3) is 4.01. The summed E-state index contributed by atoms with van der Waals surface area (Å²) in [5.74, 6) is 0. The highest BCUT2D eigenvalue weighted by molar-refractivity contribution is 9.10. The van der Waals surface area contributed by atoms with Gasteiger partial charge in [0, 0.05) is 46.1 Å². The van der Waals surface area contributed by atoms with Crippen LogP contribution in [-0.2, 0) is 0 Å². The van der Waals surface area contributed by atoms with Gasteiger partial charge in [0.05, 0.1) is 16.7 Å². The quantitative estimate of drug-likeness (QED) is 0.206. The third-order valence-corrected chi connectivity index (χ3v) is 6.47. The highest BCUT2D eigenvalue weighted by Gasteiger charge is 2.42. The maximum absolute atomic E-state index is 11.1. The van der Waals surface area contributed by atoms with Crippen molar-refractivity contribution < 1.29 is 4.92 Å². The number of nitrogens with zero attached hydrogens (tertiary/aromatic N) is 4. The monoisotopic (exact) mass is 519 g/mol. The number of aromatic nitrogens is 2. The lowest BCUT2D eigenvalue weighted by molar-refractivity contribution is -0.384. The lowest BCUT2D eigenvalue weighted by Gasteiger charge is -2.29. The second-order valence-corrected chi connectivity index (χ2v) is 8.85. The lowest BCUT2D eigenvalue weighted by Crippen LogP contribution is -2.30. The molecule has 5 rings (SSSR count). The number of benzene rings is 2. The van der Waals surface area contributed by atoms with Gasteiger partial charge >= 0.3 is 0 Å². The van der Waals surface area contributed by atoms with Crippen molar-refractivity contribution in [2.45, 2.75) is 12.1 Å². The Bertz CT molecular complexity index is 1310. The zero-order chi connectivity index (χ0) is 22.9. The van der Waals surface area contributed by atoms with Crippen molar-refractivity contribution in [3.63, 3.8) is 0 Å². The maximum Gasteiger partial charge on any atom is 0.269 e. The van der Waals surface area contributed by atoms with Crippen LogP contribution in [0.4, 0.5) is 11.4 Å². The Labute approximate surface area is 204 Å². The Hall–Kier alpha value is -3.56. The van der Waals surface area contributed by atoms with Gasteiger partial charge in [0.2, 0.25) is 0 Å². The number of hydrogen-bond acceptors (Lipinski definition) is 4. The number of thiocarbonyl (C=S) groups is 1. The second-order valence-electron chi connectivity index (χ2n) is 7.55. The summed E-state index contributed by atoms with van der Waals surface area (Å²) in [6.45, 7) is 0. The topological polar surface area (TPSA) is 76.2 Å². The third-order valence-electron chi connectivity index (χ3n) is 5.62. The summed E-state index contributed by atoms with van der Waals surface area (Å²) in [4.78, 5) is 17.4. The van der Waals surface area contributed by atoms with E-state index in [0.29, 0.717) is 5.11 Å². The van der Waals surface area contributed by atoms with Crippen molar-refractivity contribution in [2.24, 2.45) is 0 Å². The van der Waals surface area contributed by atoms with Crippen molar-refractivity contribution in [1.29, 1.82) is 0 Å². The van der Waals surface area contributed by atoms with Crippen LogP contribution in [0, 0.1) is 10.1 Å². The number of nitro benzene ring substituents is 1. The molecular formula is C24H18BrN5O2S. The molecule has 3 heterocycles. The number of hydrogen-bond donors (Lipinski definition) is 1. The highest BCUT2D eigenvalue weighted by Crippen LogP contribution is 2.42. The van der Waals surface area contributed by atoms with E-state index in [4.69, 9.17) is 12.2 Å². The molecule has 4 aromatic rings. The molecule has 7 nitrogen and oxygen atoms in total. The predicted molar refractivity (Wildman–Crippen MR) is 134 cm³/mol. The molecule has 0 spiro atoms. The van der Waals surface area contributed by atoms with Gasteiger partial charge in [-0.25, -0.2) is 0 Å². The minimum atomic E-state index is -0.397. The van der Waals surface area contributed by atoms with Crippen LogP contribution in [0.2, 0.25) is 0 Å². The zero-order valence-corrected chi connectivity index (χ0v) is 19.6. The van der Waals surface area contributed by atoms with E-state index in [1.165, 1.54) is 12.1 Å². The minimum Gasteiger partial charge on any atom is -0.351 e. The molecule has 2 atom stereocenters. The van der Waals surface area contributed by atoms with Crippen molar-refractivity contribution in [1.82, 2.24) is 14.9 Å². The molecule has 2 unspecified atom stereocenters. The molecule has 1 aliphatic rings. The van der Waals surface area contributed by atoms with Gasteiger partial charge in [0.25, 0.3) is 5.69 Å². The average molecular weight is 520 g/mol. The molecule has 1 saturated heterocycles. The normalized spacial score (nSPS) is 17.7. The molecule has 2 aromatic carbocycles. The molecule has 1 fully saturated rings. The van der Waals surface area contributed by atoms with Crippen molar-refractivity contribution >= 4 is 44.6 Å². The van der Waals surface area contributed by atoms with Gasteiger partial charge in [0.1, 0.15) is 6.04 Å². The number of nitrogens with one attached hydrogen (secondary N) is 1. The predicted octanol–water partition coefficient (Wildman–Crippen LogP) is 5.72. The molecule has 0 radical (unpaired) electrons. The first-order valence-corrected chi connectivity index (χ1v) is 11.4. The van der Waals surface area contributed by atoms with Gasteiger partial charge in [-0.1, -0.05) is 22.0 Å². The van der Waals surface area contributed by atoms with Crippen LogP contribution in [0.5, 0.6) is 0 Å². The summed E-state index contributed by atoms with van der Waals surface area (Å²) in [6, 6.07) is 24.0. The van der Waals surface area contributed by atoms with E-state index in [9.17, 15) is 10.1 Å². The molecule has 2 aromatic heterocycles. The summed E-state index contributed by atoms with van der Waals surface area (Å²) in [5, 5.41) is 15.2. The fourth-order valence-corrected chi connectivity index (χ4v) is 4.75. The number of pyridine rings is 1. The summed E-state index contributed by atoms with van der Waals surface area (Å²) in [6.07, 6.45) is 3.72. The summed E-state index contributed by atoms with van der Waals surface area (Å²) in [7, 11) is 0. The molecular weight excluding hydrogens is 502 g/mol. The molecule has 0 aliphatic carbocycles. The first kappa shape index (κ1) is 21.3. The lowest BCUT2D eigenvalue weighted by atomic mass is 10.0. The van der Waals surface area contributed by atoms with Crippen molar-refractivity contribution in [2.75, 3.05) is 4.90 Å².